The molecule has 2 atom stereocenters. The zero-order valence-electron chi connectivity index (χ0n) is 27.6. The van der Waals surface area contributed by atoms with E-state index in [0.717, 1.165) is 26.9 Å². The third-order valence-corrected chi connectivity index (χ3v) is 10.4. The Morgan fingerprint density at radius 2 is 1.53 bits per heavy atom. The Bertz CT molecular complexity index is 1510. The van der Waals surface area contributed by atoms with Gasteiger partial charge in [-0.3, -0.25) is 4.79 Å². The van der Waals surface area contributed by atoms with Gasteiger partial charge in [0.1, 0.15) is 16.0 Å². The van der Waals surface area contributed by atoms with E-state index >= 15 is 0 Å². The summed E-state index contributed by atoms with van der Waals surface area (Å²) in [4.78, 5) is 39.3. The van der Waals surface area contributed by atoms with Crippen molar-refractivity contribution < 1.29 is 14.3 Å². The fraction of sp³-hybridized carbons (Fsp3) is 0.514. The molecule has 0 aromatic heterocycles. The number of aliphatic imine (C=N–C) groups is 1. The fourth-order valence-electron chi connectivity index (χ4n) is 6.59. The van der Waals surface area contributed by atoms with E-state index in [2.05, 4.69) is 51.7 Å². The molecule has 7 nitrogen and oxygen atoms in total. The highest BCUT2D eigenvalue weighted by atomic mass is 35.5. The van der Waals surface area contributed by atoms with Gasteiger partial charge in [0.25, 0.3) is 5.91 Å². The van der Waals surface area contributed by atoms with E-state index in [4.69, 9.17) is 32.9 Å². The topological polar surface area (TPSA) is 65.5 Å². The normalized spacial score (nSPS) is 24.5. The third kappa shape index (κ3) is 6.48. The van der Waals surface area contributed by atoms with Crippen molar-refractivity contribution in [3.63, 3.8) is 0 Å². The van der Waals surface area contributed by atoms with Crippen molar-refractivity contribution in [1.29, 1.82) is 0 Å². The van der Waals surface area contributed by atoms with Gasteiger partial charge in [-0.1, -0.05) is 61.3 Å². The summed E-state index contributed by atoms with van der Waals surface area (Å²) in [5.41, 5.74) is 1.91. The number of allylic oxidation sites excluding steroid dienone is 1. The SMILES string of the molecule is CC(C)C1=C(C(=O)N(C(C)C)[C@H]2C[C@H](N(C)C(=O)OC(C)(C)C)C2)SC2=N[C@@](C)(c3ccc(Cl)cc3)[C@@H](c3ccc(Cl)cc3)N21. The van der Waals surface area contributed by atoms with Crippen molar-refractivity contribution in [3.05, 3.63) is 80.3 Å². The van der Waals surface area contributed by atoms with Gasteiger partial charge in [-0.2, -0.15) is 0 Å². The molecule has 0 spiro atoms. The lowest BCUT2D eigenvalue weighted by Crippen LogP contribution is -2.58. The Kier molecular flexibility index (Phi) is 9.35. The van der Waals surface area contributed by atoms with Crippen LogP contribution in [0.2, 0.25) is 10.0 Å². The van der Waals surface area contributed by atoms with Crippen molar-refractivity contribution >= 4 is 52.1 Å². The maximum Gasteiger partial charge on any atom is 0.410 e. The summed E-state index contributed by atoms with van der Waals surface area (Å²) in [7, 11) is 1.78. The molecule has 2 heterocycles. The predicted octanol–water partition coefficient (Wildman–Crippen LogP) is 8.87. The summed E-state index contributed by atoms with van der Waals surface area (Å²) in [6, 6.07) is 15.6. The molecule has 10 heteroatoms. The van der Waals surface area contributed by atoms with Crippen LogP contribution in [0.4, 0.5) is 4.79 Å². The number of thioether (sulfide) groups is 1. The third-order valence-electron chi connectivity index (χ3n) is 8.87. The first-order valence-electron chi connectivity index (χ1n) is 15.6. The van der Waals surface area contributed by atoms with Crippen LogP contribution in [-0.2, 0) is 15.1 Å². The minimum Gasteiger partial charge on any atom is -0.444 e. The lowest BCUT2D eigenvalue weighted by molar-refractivity contribution is -0.134. The number of amides is 2. The highest BCUT2D eigenvalue weighted by molar-refractivity contribution is 8.18. The molecule has 242 valence electrons. The number of rotatable bonds is 7. The molecule has 0 unspecified atom stereocenters. The minimum atomic E-state index is -0.624. The second kappa shape index (κ2) is 12.5. The lowest BCUT2D eigenvalue weighted by Gasteiger charge is -2.48. The highest BCUT2D eigenvalue weighted by Gasteiger charge is 2.54. The molecule has 1 saturated carbocycles. The molecule has 3 aliphatic rings. The number of ether oxygens (including phenoxy) is 1. The van der Waals surface area contributed by atoms with E-state index in [9.17, 15) is 9.59 Å². The van der Waals surface area contributed by atoms with E-state index in [1.54, 1.807) is 11.9 Å². The maximum absolute atomic E-state index is 14.6. The maximum atomic E-state index is 14.6. The van der Waals surface area contributed by atoms with E-state index < -0.39 is 11.1 Å². The van der Waals surface area contributed by atoms with E-state index in [1.807, 2.05) is 62.1 Å². The van der Waals surface area contributed by atoms with Crippen molar-refractivity contribution in [2.45, 2.75) is 104 Å². The molecule has 0 N–H and O–H groups in total. The average molecular weight is 672 g/mol. The molecule has 45 heavy (non-hydrogen) atoms. The minimum absolute atomic E-state index is 0.0134. The summed E-state index contributed by atoms with van der Waals surface area (Å²) in [6.45, 7) is 16.1. The second-order valence-electron chi connectivity index (χ2n) is 14.0. The van der Waals surface area contributed by atoms with Crippen LogP contribution >= 0.6 is 35.0 Å². The number of carbonyl (C=O) groups is 2. The largest absolute Gasteiger partial charge is 0.444 e. The number of amidine groups is 1. The summed E-state index contributed by atoms with van der Waals surface area (Å²) in [5.74, 6) is 0.0789. The molecular formula is C35H44Cl2N4O3S. The average Bonchev–Trinajstić information content (AvgIpc) is 3.42. The Morgan fingerprint density at radius 1 is 0.978 bits per heavy atom. The first-order valence-corrected chi connectivity index (χ1v) is 17.2. The molecule has 2 amide bonds. The van der Waals surface area contributed by atoms with Crippen LogP contribution < -0.4 is 0 Å². The highest BCUT2D eigenvalue weighted by Crippen LogP contribution is 2.56. The Balaban J connectivity index is 1.47. The second-order valence-corrected chi connectivity index (χ2v) is 15.9. The smallest absolute Gasteiger partial charge is 0.410 e. The molecule has 1 fully saturated rings. The zero-order chi connectivity index (χ0) is 33.0. The Morgan fingerprint density at radius 3 is 2.04 bits per heavy atom. The number of fused-ring (bicyclic) bond motifs is 1. The Hall–Kier alpha value is -2.68. The molecule has 2 aromatic rings. The van der Waals surface area contributed by atoms with Crippen LogP contribution in [0, 0.1) is 5.92 Å². The van der Waals surface area contributed by atoms with Gasteiger partial charge >= 0.3 is 6.09 Å². The molecule has 0 bridgehead atoms. The van der Waals surface area contributed by atoms with E-state index in [-0.39, 0.29) is 42.1 Å². The first kappa shape index (κ1) is 33.7. The monoisotopic (exact) mass is 670 g/mol. The van der Waals surface area contributed by atoms with Gasteiger partial charge in [-0.25, -0.2) is 9.79 Å². The molecule has 0 saturated heterocycles. The zero-order valence-corrected chi connectivity index (χ0v) is 29.9. The summed E-state index contributed by atoms with van der Waals surface area (Å²) in [6.07, 6.45) is 1.09. The van der Waals surface area contributed by atoms with Gasteiger partial charge in [0.05, 0.1) is 6.04 Å². The van der Waals surface area contributed by atoms with Gasteiger partial charge in [-0.05, 0) is 107 Å². The summed E-state index contributed by atoms with van der Waals surface area (Å²) >= 11 is 14.1. The van der Waals surface area contributed by atoms with Crippen LogP contribution in [0.5, 0.6) is 0 Å². The van der Waals surface area contributed by atoms with Crippen molar-refractivity contribution in [2.75, 3.05) is 7.05 Å². The number of halogens is 2. The lowest BCUT2D eigenvalue weighted by atomic mass is 9.81. The standard InChI is InChI=1S/C35H44Cl2N4O3S/c1-20(2)28-29(31(42)40(21(3)4)27-18-26(19-27)39(9)33(43)44-34(5,6)7)45-32-38-35(8,23-12-16-25(37)17-13-23)30(41(28)32)22-10-14-24(36)15-11-22/h10-17,20-21,26-27,30H,18-19H2,1-9H3/t26-,27-,30-,35+/m1/s1. The predicted molar refractivity (Wildman–Crippen MR) is 185 cm³/mol. The number of carbonyl (C=O) groups excluding carboxylic acids is 2. The van der Waals surface area contributed by atoms with Crippen LogP contribution in [0.15, 0.2) is 64.1 Å². The number of hydrogen-bond acceptors (Lipinski definition) is 6. The van der Waals surface area contributed by atoms with Gasteiger partial charge in [-0.15, -0.1) is 0 Å². The van der Waals surface area contributed by atoms with Gasteiger partial charge in [0.2, 0.25) is 0 Å². The summed E-state index contributed by atoms with van der Waals surface area (Å²) in [5, 5.41) is 2.16. The van der Waals surface area contributed by atoms with Gasteiger partial charge < -0.3 is 19.4 Å². The molecular weight excluding hydrogens is 627 g/mol. The molecule has 0 radical (unpaired) electrons. The van der Waals surface area contributed by atoms with Crippen molar-refractivity contribution in [1.82, 2.24) is 14.7 Å². The number of benzene rings is 2. The van der Waals surface area contributed by atoms with Crippen LogP contribution in [-0.4, -0.2) is 62.6 Å². The quantitative estimate of drug-likeness (QED) is 0.294. The first-order chi connectivity index (χ1) is 21.0. The molecule has 2 aromatic carbocycles. The number of nitrogens with zero attached hydrogens (tertiary/aromatic N) is 4. The van der Waals surface area contributed by atoms with Crippen LogP contribution in [0.1, 0.15) is 85.4 Å². The van der Waals surface area contributed by atoms with E-state index in [1.165, 1.54) is 11.8 Å². The van der Waals surface area contributed by atoms with Crippen molar-refractivity contribution in [2.24, 2.45) is 10.9 Å². The van der Waals surface area contributed by atoms with Gasteiger partial charge in [0.15, 0.2) is 5.17 Å². The fourth-order valence-corrected chi connectivity index (χ4v) is 8.19. The molecule has 5 rings (SSSR count). The van der Waals surface area contributed by atoms with Gasteiger partial charge in [0, 0.05) is 40.9 Å². The van der Waals surface area contributed by atoms with Crippen LogP contribution in [0.3, 0.4) is 0 Å². The van der Waals surface area contributed by atoms with E-state index in [0.29, 0.717) is 22.9 Å². The number of hydrogen-bond donors (Lipinski definition) is 0. The van der Waals surface area contributed by atoms with Crippen LogP contribution in [0.25, 0.3) is 0 Å². The molecule has 2 aliphatic heterocycles. The molecule has 1 aliphatic carbocycles. The van der Waals surface area contributed by atoms with Crippen molar-refractivity contribution in [3.8, 4) is 0 Å². The summed E-state index contributed by atoms with van der Waals surface area (Å²) < 4.78 is 5.58. The Labute approximate surface area is 282 Å².